The fourth-order valence-electron chi connectivity index (χ4n) is 3.44. The van der Waals surface area contributed by atoms with E-state index >= 15 is 0 Å². The number of nitrogens with zero attached hydrogens (tertiary/aromatic N) is 5. The summed E-state index contributed by atoms with van der Waals surface area (Å²) in [6, 6.07) is 12.0. The number of amides is 1. The summed E-state index contributed by atoms with van der Waals surface area (Å²) < 4.78 is 4.69. The summed E-state index contributed by atoms with van der Waals surface area (Å²) in [4.78, 5) is 35.7. The fourth-order valence-corrected chi connectivity index (χ4v) is 3.44. The van der Waals surface area contributed by atoms with Gasteiger partial charge in [-0.05, 0) is 55.7 Å². The smallest absolute Gasteiger partial charge is 0.411 e. The summed E-state index contributed by atoms with van der Waals surface area (Å²) in [6.07, 6.45) is -0.250. The zero-order valence-electron chi connectivity index (χ0n) is 20.4. The van der Waals surface area contributed by atoms with Crippen molar-refractivity contribution in [3.05, 3.63) is 47.0 Å². The summed E-state index contributed by atoms with van der Waals surface area (Å²) >= 11 is 0. The number of anilines is 2. The molecular weight excluding hydrogens is 480 g/mol. The third-order valence-corrected chi connectivity index (χ3v) is 5.16. The Morgan fingerprint density at radius 3 is 2.03 bits per heavy atom. The Morgan fingerprint density at radius 2 is 1.54 bits per heavy atom. The van der Waals surface area contributed by atoms with Crippen molar-refractivity contribution >= 4 is 40.8 Å². The lowest BCUT2D eigenvalue weighted by Crippen LogP contribution is -2.27. The van der Waals surface area contributed by atoms with Gasteiger partial charge in [0.2, 0.25) is 0 Å². The number of hydrogen-bond acceptors (Lipinski definition) is 9. The van der Waals surface area contributed by atoms with Gasteiger partial charge in [-0.1, -0.05) is 0 Å². The maximum absolute atomic E-state index is 12.0. The second-order valence-electron chi connectivity index (χ2n) is 7.93. The molecule has 0 atom stereocenters. The van der Waals surface area contributed by atoms with Crippen molar-refractivity contribution in [2.24, 2.45) is 10.2 Å². The molecule has 0 aromatic heterocycles. The lowest BCUT2D eigenvalue weighted by Gasteiger charge is -2.25. The molecule has 12 nitrogen and oxygen atoms in total. The fraction of sp³-hybridized carbons (Fsp3) is 0.320. The van der Waals surface area contributed by atoms with Crippen molar-refractivity contribution in [1.82, 2.24) is 0 Å². The third-order valence-electron chi connectivity index (χ3n) is 5.16. The predicted molar refractivity (Wildman–Crippen MR) is 133 cm³/mol. The van der Waals surface area contributed by atoms with Crippen molar-refractivity contribution in [3.63, 3.8) is 0 Å². The minimum atomic E-state index is -0.945. The molecule has 0 radical (unpaired) electrons. The number of ether oxygens (including phenoxy) is 1. The average Bonchev–Trinajstić information content (AvgIpc) is 2.86. The first kappa shape index (κ1) is 28.3. The van der Waals surface area contributed by atoms with E-state index in [9.17, 15) is 24.9 Å². The summed E-state index contributed by atoms with van der Waals surface area (Å²) in [7, 11) is 1.19. The molecule has 0 bridgehead atoms. The number of nitriles is 2. The largest absolute Gasteiger partial charge is 0.481 e. The molecule has 1 amide bonds. The number of benzene rings is 2. The second-order valence-corrected chi connectivity index (χ2v) is 7.93. The molecule has 0 saturated carbocycles. The number of carboxylic acids is 2. The van der Waals surface area contributed by atoms with E-state index < -0.39 is 18.0 Å². The normalized spacial score (nSPS) is 10.4. The number of aryl methyl sites for hydroxylation is 1. The van der Waals surface area contributed by atoms with Gasteiger partial charge in [-0.25, -0.2) is 4.79 Å². The van der Waals surface area contributed by atoms with Crippen LogP contribution in [0.25, 0.3) is 0 Å². The van der Waals surface area contributed by atoms with Crippen LogP contribution >= 0.6 is 0 Å². The molecule has 12 heteroatoms. The van der Waals surface area contributed by atoms with Gasteiger partial charge in [0.1, 0.15) is 23.5 Å². The maximum atomic E-state index is 12.0. The van der Waals surface area contributed by atoms with Gasteiger partial charge in [-0.15, -0.1) is 10.2 Å². The van der Waals surface area contributed by atoms with E-state index in [0.717, 1.165) is 5.56 Å². The maximum Gasteiger partial charge on any atom is 0.411 e. The highest BCUT2D eigenvalue weighted by molar-refractivity contribution is 5.90. The highest BCUT2D eigenvalue weighted by atomic mass is 16.5. The average molecular weight is 507 g/mol. The molecule has 37 heavy (non-hydrogen) atoms. The third kappa shape index (κ3) is 8.64. The number of aliphatic carboxylic acids is 2. The zero-order valence-corrected chi connectivity index (χ0v) is 20.4. The number of nitrogens with one attached hydrogen (secondary N) is 1. The Labute approximate surface area is 213 Å². The van der Waals surface area contributed by atoms with Crippen LogP contribution in [0, 0.1) is 29.6 Å². The molecule has 0 unspecified atom stereocenters. The van der Waals surface area contributed by atoms with E-state index in [2.05, 4.69) is 20.3 Å². The molecule has 3 N–H and O–H groups in total. The van der Waals surface area contributed by atoms with E-state index in [4.69, 9.17) is 10.2 Å². The Balaban J connectivity index is 2.47. The summed E-state index contributed by atoms with van der Waals surface area (Å²) in [5, 5.41) is 47.7. The van der Waals surface area contributed by atoms with E-state index in [1.807, 2.05) is 17.0 Å². The Bertz CT molecular complexity index is 1220. The molecule has 0 aliphatic carbocycles. The van der Waals surface area contributed by atoms with Crippen molar-refractivity contribution < 1.29 is 29.3 Å². The highest BCUT2D eigenvalue weighted by Crippen LogP contribution is 2.34. The summed E-state index contributed by atoms with van der Waals surface area (Å²) in [5.74, 6) is -1.89. The highest BCUT2D eigenvalue weighted by Gasteiger charge is 2.15. The topological polar surface area (TPSA) is 188 Å². The lowest BCUT2D eigenvalue weighted by molar-refractivity contribution is -0.138. The molecule has 0 aliphatic rings. The quantitative estimate of drug-likeness (QED) is 0.337. The van der Waals surface area contributed by atoms with Crippen molar-refractivity contribution in [3.8, 4) is 12.1 Å². The molecule has 0 saturated heterocycles. The molecule has 0 aliphatic heterocycles. The van der Waals surface area contributed by atoms with E-state index in [1.54, 1.807) is 37.3 Å². The van der Waals surface area contributed by atoms with Crippen LogP contribution in [0.3, 0.4) is 0 Å². The monoisotopic (exact) mass is 506 g/mol. The Morgan fingerprint density at radius 1 is 0.973 bits per heavy atom. The molecular formula is C25H26N6O6. The van der Waals surface area contributed by atoms with Gasteiger partial charge in [-0.2, -0.15) is 10.5 Å². The molecule has 0 heterocycles. The molecule has 2 rings (SSSR count). The van der Waals surface area contributed by atoms with Crippen LogP contribution in [-0.4, -0.2) is 48.4 Å². The van der Waals surface area contributed by atoms with Gasteiger partial charge < -0.3 is 19.8 Å². The molecule has 0 fully saturated rings. The van der Waals surface area contributed by atoms with E-state index in [0.29, 0.717) is 31.6 Å². The summed E-state index contributed by atoms with van der Waals surface area (Å²) in [5.41, 5.74) is 2.15. The van der Waals surface area contributed by atoms with Crippen LogP contribution in [0.1, 0.15) is 42.4 Å². The number of rotatable bonds is 12. The Hall–Kier alpha value is -4.97. The first-order valence-corrected chi connectivity index (χ1v) is 11.2. The van der Waals surface area contributed by atoms with Crippen LogP contribution in [0.5, 0.6) is 0 Å². The molecule has 0 spiro atoms. The first-order chi connectivity index (χ1) is 17.7. The number of carbonyl (C=O) groups is 3. The van der Waals surface area contributed by atoms with Crippen LogP contribution in [0.4, 0.5) is 27.5 Å². The van der Waals surface area contributed by atoms with Crippen LogP contribution in [0.15, 0.2) is 40.6 Å². The second kappa shape index (κ2) is 13.8. The number of hydrogen-bond donors (Lipinski definition) is 3. The lowest BCUT2D eigenvalue weighted by atomic mass is 10.1. The number of carboxylic acid groups (broad SMARTS) is 2. The van der Waals surface area contributed by atoms with Gasteiger partial charge in [0, 0.05) is 31.6 Å². The van der Waals surface area contributed by atoms with Crippen molar-refractivity contribution in [2.75, 3.05) is 30.4 Å². The van der Waals surface area contributed by atoms with E-state index in [1.165, 1.54) is 7.11 Å². The SMILES string of the molecule is COC(=O)Nc1cc(N(CCCC(=O)O)CCCC(=O)O)ccc1N=Nc1c(C#N)cc(C)cc1C#N. The number of azo groups is 1. The van der Waals surface area contributed by atoms with Crippen molar-refractivity contribution in [2.45, 2.75) is 32.6 Å². The van der Waals surface area contributed by atoms with Crippen LogP contribution in [0.2, 0.25) is 0 Å². The number of carbonyl (C=O) groups excluding carboxylic acids is 1. The van der Waals surface area contributed by atoms with Crippen molar-refractivity contribution in [1.29, 1.82) is 10.5 Å². The van der Waals surface area contributed by atoms with Gasteiger partial charge in [0.05, 0.1) is 23.9 Å². The van der Waals surface area contributed by atoms with Gasteiger partial charge in [0.25, 0.3) is 0 Å². The minimum Gasteiger partial charge on any atom is -0.481 e. The first-order valence-electron chi connectivity index (χ1n) is 11.2. The molecule has 2 aromatic carbocycles. The molecule has 192 valence electrons. The van der Waals surface area contributed by atoms with Gasteiger partial charge in [-0.3, -0.25) is 14.9 Å². The van der Waals surface area contributed by atoms with Crippen LogP contribution < -0.4 is 10.2 Å². The Kier molecular flexibility index (Phi) is 10.5. The minimum absolute atomic E-state index is 0.0615. The van der Waals surface area contributed by atoms with E-state index in [-0.39, 0.29) is 41.0 Å². The predicted octanol–water partition coefficient (Wildman–Crippen LogP) is 4.87. The molecule has 2 aromatic rings. The zero-order chi connectivity index (χ0) is 27.4. The van der Waals surface area contributed by atoms with Gasteiger partial charge in [0.15, 0.2) is 0 Å². The van der Waals surface area contributed by atoms with Gasteiger partial charge >= 0.3 is 18.0 Å². The standard InChI is InChI=1S/C25H26N6O6/c1-16-11-17(14-26)24(18(12-16)15-27)30-29-20-8-7-19(13-21(20)28-25(36)37-2)31(9-3-5-22(32)33)10-4-6-23(34)35/h7-8,11-13H,3-6,9-10H2,1-2H3,(H,28,36)(H,32,33)(H,34,35). The van der Waals surface area contributed by atoms with Crippen LogP contribution in [-0.2, 0) is 14.3 Å². The summed E-state index contributed by atoms with van der Waals surface area (Å²) in [6.45, 7) is 2.42. The number of methoxy groups -OCH3 is 1.